The average Bonchev–Trinajstić information content (AvgIpc) is 1.82. The van der Waals surface area contributed by atoms with Crippen LogP contribution in [0.1, 0.15) is 6.42 Å². The van der Waals surface area contributed by atoms with E-state index in [4.69, 9.17) is 10.8 Å². The van der Waals surface area contributed by atoms with Crippen LogP contribution in [0.25, 0.3) is 0 Å². The summed E-state index contributed by atoms with van der Waals surface area (Å²) in [6, 6.07) is -0.646. The Labute approximate surface area is 77.4 Å². The maximum atomic E-state index is 10.1. The normalized spacial score (nSPS) is 11.8. The summed E-state index contributed by atoms with van der Waals surface area (Å²) in [6.45, 7) is 0. The molecule has 5 heteroatoms. The van der Waals surface area contributed by atoms with Gasteiger partial charge in [-0.3, -0.25) is 0 Å². The van der Waals surface area contributed by atoms with Crippen molar-refractivity contribution < 1.29 is 9.90 Å². The second-order valence-electron chi connectivity index (χ2n) is 1.73. The topological polar surface area (TPSA) is 63.3 Å². The standard InChI is InChI=1S/C5H11NO2Se.H2Se/c1-9-3-2-4(6)5(7)8;/h4H,2-3,6H2,1H3,(H,7,8);1H2/t4-;/m0./s1. The van der Waals surface area contributed by atoms with E-state index in [-0.39, 0.29) is 17.1 Å². The van der Waals surface area contributed by atoms with Crippen molar-refractivity contribution in [2.75, 3.05) is 0 Å². The first-order chi connectivity index (χ1) is 4.18. The van der Waals surface area contributed by atoms with Gasteiger partial charge < -0.3 is 0 Å². The van der Waals surface area contributed by atoms with Crippen molar-refractivity contribution in [1.29, 1.82) is 0 Å². The van der Waals surface area contributed by atoms with Gasteiger partial charge in [-0.15, -0.1) is 0 Å². The Morgan fingerprint density at radius 3 is 2.60 bits per heavy atom. The third-order valence-electron chi connectivity index (χ3n) is 0.950. The molecule has 0 spiro atoms. The molecule has 0 heterocycles. The molecular formula is C5H13NO2Se2. The number of hydrogen-bond acceptors (Lipinski definition) is 2. The van der Waals surface area contributed by atoms with Crippen LogP contribution in [0.5, 0.6) is 0 Å². The van der Waals surface area contributed by atoms with Crippen LogP contribution in [-0.4, -0.2) is 49.1 Å². The number of rotatable bonds is 4. The molecule has 0 bridgehead atoms. The minimum atomic E-state index is -0.890. The predicted octanol–water partition coefficient (Wildman–Crippen LogP) is -0.957. The first-order valence-electron chi connectivity index (χ1n) is 2.65. The van der Waals surface area contributed by atoms with Gasteiger partial charge in [0, 0.05) is 0 Å². The van der Waals surface area contributed by atoms with Crippen LogP contribution in [-0.2, 0) is 4.79 Å². The Kier molecular flexibility index (Phi) is 9.91. The van der Waals surface area contributed by atoms with E-state index in [0.29, 0.717) is 21.4 Å². The fraction of sp³-hybridized carbons (Fsp3) is 0.800. The van der Waals surface area contributed by atoms with Gasteiger partial charge in [-0.2, -0.15) is 0 Å². The summed E-state index contributed by atoms with van der Waals surface area (Å²) >= 11 is 0.549. The van der Waals surface area contributed by atoms with E-state index in [1.807, 2.05) is 0 Å². The van der Waals surface area contributed by atoms with Crippen molar-refractivity contribution in [3.63, 3.8) is 0 Å². The second-order valence-corrected chi connectivity index (χ2v) is 3.79. The molecule has 0 aromatic heterocycles. The van der Waals surface area contributed by atoms with Crippen LogP contribution in [0.4, 0.5) is 0 Å². The molecule has 0 saturated heterocycles. The van der Waals surface area contributed by atoms with Crippen LogP contribution < -0.4 is 5.73 Å². The third kappa shape index (κ3) is 6.59. The molecule has 0 aromatic carbocycles. The first kappa shape index (κ1) is 13.1. The molecule has 0 aliphatic carbocycles. The summed E-state index contributed by atoms with van der Waals surface area (Å²) in [4.78, 5) is 10.1. The molecule has 1 atom stereocenters. The van der Waals surface area contributed by atoms with Gasteiger partial charge in [0.25, 0.3) is 0 Å². The van der Waals surface area contributed by atoms with Gasteiger partial charge in [-0.25, -0.2) is 0 Å². The molecule has 0 radical (unpaired) electrons. The summed E-state index contributed by atoms with van der Waals surface area (Å²) in [5, 5.41) is 9.25. The van der Waals surface area contributed by atoms with Gasteiger partial charge in [-0.1, -0.05) is 0 Å². The van der Waals surface area contributed by atoms with Gasteiger partial charge in [-0.05, 0) is 0 Å². The zero-order chi connectivity index (χ0) is 7.28. The fourth-order valence-corrected chi connectivity index (χ4v) is 1.40. The second kappa shape index (κ2) is 7.57. The molecule has 3 N–H and O–H groups in total. The van der Waals surface area contributed by atoms with E-state index in [1.165, 1.54) is 0 Å². The van der Waals surface area contributed by atoms with Crippen molar-refractivity contribution >= 4 is 38.0 Å². The van der Waals surface area contributed by atoms with E-state index < -0.39 is 12.0 Å². The first-order valence-corrected chi connectivity index (χ1v) is 5.58. The van der Waals surface area contributed by atoms with Gasteiger partial charge >= 0.3 is 77.2 Å². The van der Waals surface area contributed by atoms with E-state index in [1.54, 1.807) is 0 Å². The molecule has 10 heavy (non-hydrogen) atoms. The van der Waals surface area contributed by atoms with Crippen LogP contribution in [0, 0.1) is 0 Å². The van der Waals surface area contributed by atoms with Gasteiger partial charge in [0.15, 0.2) is 0 Å². The molecule has 0 fully saturated rings. The summed E-state index contributed by atoms with van der Waals surface area (Å²) in [6.07, 6.45) is 0.617. The zero-order valence-corrected chi connectivity index (χ0v) is 9.64. The summed E-state index contributed by atoms with van der Waals surface area (Å²) in [5.74, 6) is 1.18. The molecule has 0 saturated carbocycles. The zero-order valence-electron chi connectivity index (χ0n) is 5.83. The van der Waals surface area contributed by atoms with E-state index in [0.717, 1.165) is 5.32 Å². The van der Waals surface area contributed by atoms with Crippen molar-refractivity contribution in [1.82, 2.24) is 0 Å². The monoisotopic (exact) mass is 279 g/mol. The quantitative estimate of drug-likeness (QED) is 0.651. The van der Waals surface area contributed by atoms with Crippen molar-refractivity contribution in [2.24, 2.45) is 5.73 Å². The molecular weight excluding hydrogens is 264 g/mol. The number of carboxylic acids is 1. The number of hydrogen-bond donors (Lipinski definition) is 2. The molecule has 62 valence electrons. The molecule has 0 aliphatic heterocycles. The molecule has 0 amide bonds. The fourth-order valence-electron chi connectivity index (χ4n) is 0.368. The Hall–Kier alpha value is 0.469. The molecule has 0 rings (SSSR count). The molecule has 0 unspecified atom stereocenters. The van der Waals surface area contributed by atoms with Crippen LogP contribution in [0.2, 0.25) is 11.1 Å². The van der Waals surface area contributed by atoms with E-state index >= 15 is 0 Å². The molecule has 0 aliphatic rings. The Bertz CT molecular complexity index is 99.6. The number of aliphatic carboxylic acids is 1. The van der Waals surface area contributed by atoms with Gasteiger partial charge in [0.05, 0.1) is 0 Å². The van der Waals surface area contributed by atoms with E-state index in [2.05, 4.69) is 5.82 Å². The summed E-state index contributed by atoms with van der Waals surface area (Å²) in [7, 11) is 0. The molecule has 0 aromatic rings. The van der Waals surface area contributed by atoms with Crippen molar-refractivity contribution in [3.05, 3.63) is 0 Å². The maximum absolute atomic E-state index is 10.1. The van der Waals surface area contributed by atoms with Gasteiger partial charge in [0.2, 0.25) is 0 Å². The Morgan fingerprint density at radius 2 is 2.30 bits per heavy atom. The van der Waals surface area contributed by atoms with Crippen LogP contribution in [0.3, 0.4) is 0 Å². The van der Waals surface area contributed by atoms with Crippen molar-refractivity contribution in [3.8, 4) is 0 Å². The third-order valence-corrected chi connectivity index (χ3v) is 2.30. The summed E-state index contributed by atoms with van der Waals surface area (Å²) < 4.78 is 0. The van der Waals surface area contributed by atoms with E-state index in [9.17, 15) is 4.79 Å². The number of nitrogens with two attached hydrogens (primary N) is 1. The van der Waals surface area contributed by atoms with Gasteiger partial charge in [0.1, 0.15) is 0 Å². The van der Waals surface area contributed by atoms with Crippen LogP contribution >= 0.6 is 0 Å². The number of carboxylic acid groups (broad SMARTS) is 1. The predicted molar refractivity (Wildman–Crippen MR) is 45.2 cm³/mol. The Morgan fingerprint density at radius 1 is 1.80 bits per heavy atom. The number of carbonyl (C=O) groups is 1. The Balaban J connectivity index is 0. The SMILES string of the molecule is C[Se]CC[C@H](N)C(=O)O.[SeH2]. The minimum absolute atomic E-state index is 0. The molecule has 3 nitrogen and oxygen atoms in total. The van der Waals surface area contributed by atoms with Crippen molar-refractivity contribution in [2.45, 2.75) is 23.6 Å². The van der Waals surface area contributed by atoms with Crippen LogP contribution in [0.15, 0.2) is 0 Å². The average molecular weight is 277 g/mol. The summed E-state index contributed by atoms with van der Waals surface area (Å²) in [5.41, 5.74) is 5.21.